The fourth-order valence-corrected chi connectivity index (χ4v) is 2.95. The van der Waals surface area contributed by atoms with E-state index in [2.05, 4.69) is 10.6 Å². The maximum Gasteiger partial charge on any atom is 0.255 e. The van der Waals surface area contributed by atoms with Crippen LogP contribution in [0.2, 0.25) is 0 Å². The molecule has 0 fully saturated rings. The number of nitrogens with zero attached hydrogens (tertiary/aromatic N) is 1. The van der Waals surface area contributed by atoms with Gasteiger partial charge in [0.25, 0.3) is 11.8 Å². The highest BCUT2D eigenvalue weighted by molar-refractivity contribution is 6.05. The predicted molar refractivity (Wildman–Crippen MR) is 101 cm³/mol. The first-order chi connectivity index (χ1) is 12.3. The van der Waals surface area contributed by atoms with Crippen LogP contribution in [0.5, 0.6) is 0 Å². The fourth-order valence-electron chi connectivity index (χ4n) is 2.95. The van der Waals surface area contributed by atoms with Gasteiger partial charge >= 0.3 is 0 Å². The zero-order valence-corrected chi connectivity index (χ0v) is 15.1. The second kappa shape index (κ2) is 7.00. The van der Waals surface area contributed by atoms with Crippen LogP contribution in [0, 0.1) is 6.92 Å². The number of hydrogen-bond acceptors (Lipinski definition) is 3. The van der Waals surface area contributed by atoms with Gasteiger partial charge in [-0.05, 0) is 60.9 Å². The molecule has 134 valence electrons. The van der Waals surface area contributed by atoms with Gasteiger partial charge in [0.1, 0.15) is 0 Å². The summed E-state index contributed by atoms with van der Waals surface area (Å²) < 4.78 is 0. The number of carbonyl (C=O) groups excluding carboxylic acids is 3. The highest BCUT2D eigenvalue weighted by Crippen LogP contribution is 2.24. The van der Waals surface area contributed by atoms with Crippen LogP contribution in [0.1, 0.15) is 38.3 Å². The van der Waals surface area contributed by atoms with Crippen LogP contribution in [-0.4, -0.2) is 36.7 Å². The smallest absolute Gasteiger partial charge is 0.255 e. The molecule has 2 N–H and O–H groups in total. The maximum atomic E-state index is 12.5. The van der Waals surface area contributed by atoms with Crippen LogP contribution in [0.4, 0.5) is 11.4 Å². The van der Waals surface area contributed by atoms with Crippen molar-refractivity contribution < 1.29 is 14.4 Å². The molecule has 2 aromatic carbocycles. The van der Waals surface area contributed by atoms with Gasteiger partial charge in [0.15, 0.2) is 0 Å². The number of hydrogen-bond donors (Lipinski definition) is 2. The lowest BCUT2D eigenvalue weighted by atomic mass is 10.00. The van der Waals surface area contributed by atoms with Gasteiger partial charge in [-0.1, -0.05) is 0 Å². The Morgan fingerprint density at radius 3 is 2.54 bits per heavy atom. The summed E-state index contributed by atoms with van der Waals surface area (Å²) in [5.74, 6) is -0.301. The number of amides is 3. The maximum absolute atomic E-state index is 12.5. The van der Waals surface area contributed by atoms with E-state index in [1.807, 2.05) is 6.92 Å². The first-order valence-electron chi connectivity index (χ1n) is 8.41. The third-order valence-electron chi connectivity index (χ3n) is 4.38. The van der Waals surface area contributed by atoms with E-state index in [0.29, 0.717) is 29.7 Å². The molecule has 0 radical (unpaired) electrons. The summed E-state index contributed by atoms with van der Waals surface area (Å²) in [5.41, 5.74) is 4.30. The van der Waals surface area contributed by atoms with Crippen molar-refractivity contribution in [1.29, 1.82) is 0 Å². The van der Waals surface area contributed by atoms with Crippen molar-refractivity contribution in [3.8, 4) is 0 Å². The molecule has 26 heavy (non-hydrogen) atoms. The average Bonchev–Trinajstić information content (AvgIpc) is 2.60. The predicted octanol–water partition coefficient (Wildman–Crippen LogP) is 2.83. The van der Waals surface area contributed by atoms with Crippen molar-refractivity contribution in [2.24, 2.45) is 0 Å². The molecular formula is C20H21N3O3. The molecule has 0 unspecified atom stereocenters. The van der Waals surface area contributed by atoms with Gasteiger partial charge < -0.3 is 15.5 Å². The van der Waals surface area contributed by atoms with E-state index in [0.717, 1.165) is 16.8 Å². The molecule has 1 aliphatic rings. The van der Waals surface area contributed by atoms with E-state index in [1.54, 1.807) is 50.5 Å². The fraction of sp³-hybridized carbons (Fsp3) is 0.250. The van der Waals surface area contributed by atoms with Crippen molar-refractivity contribution in [1.82, 2.24) is 4.90 Å². The van der Waals surface area contributed by atoms with Gasteiger partial charge in [-0.3, -0.25) is 14.4 Å². The summed E-state index contributed by atoms with van der Waals surface area (Å²) in [7, 11) is 3.41. The number of carbonyl (C=O) groups is 3. The first-order valence-corrected chi connectivity index (χ1v) is 8.41. The lowest BCUT2D eigenvalue weighted by Crippen LogP contribution is -2.22. The molecule has 0 bridgehead atoms. The van der Waals surface area contributed by atoms with Crippen molar-refractivity contribution >= 4 is 29.1 Å². The van der Waals surface area contributed by atoms with E-state index in [1.165, 1.54) is 4.90 Å². The summed E-state index contributed by atoms with van der Waals surface area (Å²) in [4.78, 5) is 37.6. The molecule has 0 saturated heterocycles. The number of nitrogens with one attached hydrogen (secondary N) is 2. The SMILES string of the molecule is Cc1cc(NC(=O)c2ccc3c(c2)CCC(=O)N3)ccc1C(=O)N(C)C. The Morgan fingerprint density at radius 1 is 1.08 bits per heavy atom. The third kappa shape index (κ3) is 3.59. The van der Waals surface area contributed by atoms with E-state index >= 15 is 0 Å². The van der Waals surface area contributed by atoms with E-state index in [4.69, 9.17) is 0 Å². The second-order valence-electron chi connectivity index (χ2n) is 6.60. The van der Waals surface area contributed by atoms with Crippen LogP contribution in [0.25, 0.3) is 0 Å². The minimum Gasteiger partial charge on any atom is -0.345 e. The number of benzene rings is 2. The average molecular weight is 351 g/mol. The Balaban J connectivity index is 1.77. The normalized spacial score (nSPS) is 12.8. The van der Waals surface area contributed by atoms with Crippen molar-refractivity contribution in [3.05, 3.63) is 58.7 Å². The largest absolute Gasteiger partial charge is 0.345 e. The summed E-state index contributed by atoms with van der Waals surface area (Å²) in [5, 5.41) is 5.66. The monoisotopic (exact) mass is 351 g/mol. The van der Waals surface area contributed by atoms with Gasteiger partial charge in [0.2, 0.25) is 5.91 Å². The van der Waals surface area contributed by atoms with Gasteiger partial charge in [0.05, 0.1) is 0 Å². The molecule has 3 amide bonds. The molecule has 3 rings (SSSR count). The van der Waals surface area contributed by atoms with Crippen LogP contribution >= 0.6 is 0 Å². The van der Waals surface area contributed by atoms with Gasteiger partial charge in [0, 0.05) is 43.0 Å². The number of anilines is 2. The quantitative estimate of drug-likeness (QED) is 0.892. The number of fused-ring (bicyclic) bond motifs is 1. The summed E-state index contributed by atoms with van der Waals surface area (Å²) in [6.07, 6.45) is 1.06. The molecule has 0 spiro atoms. The van der Waals surface area contributed by atoms with Crippen LogP contribution in [0.15, 0.2) is 36.4 Å². The van der Waals surface area contributed by atoms with Crippen LogP contribution in [-0.2, 0) is 11.2 Å². The standard InChI is InChI=1S/C20H21N3O3/c1-12-10-15(6-7-16(12)20(26)23(2)3)21-19(25)14-4-8-17-13(11-14)5-9-18(24)22-17/h4,6-8,10-11H,5,9H2,1-3H3,(H,21,25)(H,22,24). The van der Waals surface area contributed by atoms with E-state index < -0.39 is 0 Å². The van der Waals surface area contributed by atoms with Gasteiger partial charge in [-0.25, -0.2) is 0 Å². The minimum atomic E-state index is -0.226. The topological polar surface area (TPSA) is 78.5 Å². The molecule has 2 aromatic rings. The first kappa shape index (κ1) is 17.7. The van der Waals surface area contributed by atoms with Crippen molar-refractivity contribution in [2.75, 3.05) is 24.7 Å². The summed E-state index contributed by atoms with van der Waals surface area (Å²) >= 11 is 0. The third-order valence-corrected chi connectivity index (χ3v) is 4.38. The Kier molecular flexibility index (Phi) is 4.75. The summed E-state index contributed by atoms with van der Waals surface area (Å²) in [6.45, 7) is 1.84. The highest BCUT2D eigenvalue weighted by Gasteiger charge is 2.17. The van der Waals surface area contributed by atoms with E-state index in [-0.39, 0.29) is 17.7 Å². The minimum absolute atomic E-state index is 0.00228. The molecular weight excluding hydrogens is 330 g/mol. The van der Waals surface area contributed by atoms with E-state index in [9.17, 15) is 14.4 Å². The molecule has 0 atom stereocenters. The van der Waals surface area contributed by atoms with Crippen LogP contribution < -0.4 is 10.6 Å². The molecule has 6 heteroatoms. The highest BCUT2D eigenvalue weighted by atomic mass is 16.2. The lowest BCUT2D eigenvalue weighted by Gasteiger charge is -2.17. The van der Waals surface area contributed by atoms with Gasteiger partial charge in [-0.2, -0.15) is 0 Å². The molecule has 0 saturated carbocycles. The molecule has 6 nitrogen and oxygen atoms in total. The van der Waals surface area contributed by atoms with Crippen LogP contribution in [0.3, 0.4) is 0 Å². The Hall–Kier alpha value is -3.15. The number of aryl methyl sites for hydroxylation is 2. The molecule has 1 heterocycles. The zero-order chi connectivity index (χ0) is 18.8. The Morgan fingerprint density at radius 2 is 1.85 bits per heavy atom. The summed E-state index contributed by atoms with van der Waals surface area (Å²) in [6, 6.07) is 10.5. The zero-order valence-electron chi connectivity index (χ0n) is 15.1. The lowest BCUT2D eigenvalue weighted by molar-refractivity contribution is -0.116. The number of rotatable bonds is 3. The molecule has 1 aliphatic heterocycles. The second-order valence-corrected chi connectivity index (χ2v) is 6.60. The Bertz CT molecular complexity index is 903. The molecule has 0 aromatic heterocycles. The van der Waals surface area contributed by atoms with Gasteiger partial charge in [-0.15, -0.1) is 0 Å². The van der Waals surface area contributed by atoms with Crippen molar-refractivity contribution in [2.45, 2.75) is 19.8 Å². The van der Waals surface area contributed by atoms with Crippen molar-refractivity contribution in [3.63, 3.8) is 0 Å². The molecule has 0 aliphatic carbocycles. The Labute approximate surface area is 152 Å².